The lowest BCUT2D eigenvalue weighted by atomic mass is 10.1. The van der Waals surface area contributed by atoms with E-state index in [0.717, 1.165) is 5.56 Å². The highest BCUT2D eigenvalue weighted by Crippen LogP contribution is 2.26. The minimum Gasteiger partial charge on any atom is -0.459 e. The van der Waals surface area contributed by atoms with Crippen molar-refractivity contribution in [2.45, 2.75) is 13.5 Å². The molecule has 6 nitrogen and oxygen atoms in total. The van der Waals surface area contributed by atoms with Crippen molar-refractivity contribution in [3.05, 3.63) is 75.7 Å². The van der Waals surface area contributed by atoms with Crippen LogP contribution < -0.4 is 10.9 Å². The highest BCUT2D eigenvalue weighted by molar-refractivity contribution is 6.04. The number of halogens is 1. The quantitative estimate of drug-likeness (QED) is 0.594. The number of benzene rings is 2. The molecule has 0 bridgehead atoms. The molecule has 2 aromatic carbocycles. The molecule has 0 saturated carbocycles. The van der Waals surface area contributed by atoms with Gasteiger partial charge in [-0.05, 0) is 31.2 Å². The van der Waals surface area contributed by atoms with E-state index in [4.69, 9.17) is 4.42 Å². The Morgan fingerprint density at radius 3 is 2.77 bits per heavy atom. The van der Waals surface area contributed by atoms with Crippen molar-refractivity contribution in [3.8, 4) is 0 Å². The molecule has 7 heteroatoms. The van der Waals surface area contributed by atoms with Crippen LogP contribution in [0.25, 0.3) is 21.7 Å². The maximum absolute atomic E-state index is 13.4. The van der Waals surface area contributed by atoms with Crippen LogP contribution in [0.5, 0.6) is 0 Å². The maximum Gasteiger partial charge on any atom is 0.272 e. The van der Waals surface area contributed by atoms with Crippen LogP contribution in [-0.2, 0) is 6.54 Å². The number of aromatic nitrogens is 2. The van der Waals surface area contributed by atoms with Gasteiger partial charge >= 0.3 is 0 Å². The van der Waals surface area contributed by atoms with Crippen LogP contribution in [0.15, 0.2) is 51.7 Å². The molecular weight excluding hydrogens is 337 g/mol. The monoisotopic (exact) mass is 351 g/mol. The summed E-state index contributed by atoms with van der Waals surface area (Å²) in [7, 11) is 0. The first-order chi connectivity index (χ1) is 12.5. The molecule has 2 N–H and O–H groups in total. The topological polar surface area (TPSA) is 88.0 Å². The van der Waals surface area contributed by atoms with Gasteiger partial charge in [0.25, 0.3) is 11.5 Å². The Morgan fingerprint density at radius 2 is 1.96 bits per heavy atom. The number of furan rings is 1. The molecule has 0 fully saturated rings. The number of carbonyl (C=O) groups is 1. The van der Waals surface area contributed by atoms with Gasteiger partial charge in [0, 0.05) is 16.3 Å². The largest absolute Gasteiger partial charge is 0.459 e. The van der Waals surface area contributed by atoms with Gasteiger partial charge in [0.1, 0.15) is 17.2 Å². The predicted molar refractivity (Wildman–Crippen MR) is 94.4 cm³/mol. The second-order valence-corrected chi connectivity index (χ2v) is 5.92. The molecular formula is C19H14FN3O3. The average Bonchev–Trinajstić information content (AvgIpc) is 2.96. The molecule has 0 aliphatic heterocycles. The number of fused-ring (bicyclic) bond motifs is 2. The molecule has 1 amide bonds. The van der Waals surface area contributed by atoms with Crippen molar-refractivity contribution in [3.63, 3.8) is 0 Å². The van der Waals surface area contributed by atoms with E-state index in [-0.39, 0.29) is 23.6 Å². The molecule has 0 radical (unpaired) electrons. The molecule has 4 aromatic rings. The lowest BCUT2D eigenvalue weighted by Gasteiger charge is -2.06. The number of nitrogens with one attached hydrogen (secondary N) is 2. The number of hydrogen-bond acceptors (Lipinski definition) is 4. The summed E-state index contributed by atoms with van der Waals surface area (Å²) in [5.74, 6) is -0.253. The van der Waals surface area contributed by atoms with Crippen molar-refractivity contribution in [2.24, 2.45) is 0 Å². The van der Waals surface area contributed by atoms with Crippen LogP contribution in [-0.4, -0.2) is 16.1 Å². The molecule has 0 unspecified atom stereocenters. The van der Waals surface area contributed by atoms with Gasteiger partial charge in [-0.25, -0.2) is 9.49 Å². The van der Waals surface area contributed by atoms with Gasteiger partial charge < -0.3 is 9.73 Å². The van der Waals surface area contributed by atoms with Gasteiger partial charge in [-0.3, -0.25) is 9.59 Å². The van der Waals surface area contributed by atoms with Crippen molar-refractivity contribution >= 4 is 27.6 Å². The standard InChI is InChI=1S/C19H14FN3O3/c1-10-14-8-11(20)6-7-15(14)26-16(10)9-21-19(25)17-12-4-2-3-5-13(12)18(24)23-22-17/h2-8H,9H2,1H3,(H,21,25)(H,23,24). The van der Waals surface area contributed by atoms with Crippen LogP contribution in [0.2, 0.25) is 0 Å². The van der Waals surface area contributed by atoms with Crippen molar-refractivity contribution in [2.75, 3.05) is 0 Å². The van der Waals surface area contributed by atoms with Crippen LogP contribution >= 0.6 is 0 Å². The molecule has 0 aliphatic rings. The third kappa shape index (κ3) is 2.63. The zero-order valence-electron chi connectivity index (χ0n) is 13.8. The number of aryl methyl sites for hydroxylation is 1. The maximum atomic E-state index is 13.4. The fraction of sp³-hybridized carbons (Fsp3) is 0.105. The predicted octanol–water partition coefficient (Wildman–Crippen LogP) is 3.05. The number of H-pyrrole nitrogens is 1. The van der Waals surface area contributed by atoms with E-state index in [2.05, 4.69) is 15.5 Å². The average molecular weight is 351 g/mol. The Morgan fingerprint density at radius 1 is 1.19 bits per heavy atom. The number of rotatable bonds is 3. The minimum absolute atomic E-state index is 0.121. The van der Waals surface area contributed by atoms with Gasteiger partial charge in [0.2, 0.25) is 0 Å². The van der Waals surface area contributed by atoms with E-state index in [1.807, 2.05) is 0 Å². The summed E-state index contributed by atoms with van der Waals surface area (Å²) in [4.78, 5) is 24.3. The Bertz CT molecular complexity index is 1210. The molecule has 26 heavy (non-hydrogen) atoms. The molecule has 130 valence electrons. The first-order valence-electron chi connectivity index (χ1n) is 7.98. The number of carbonyl (C=O) groups excluding carboxylic acids is 1. The number of amides is 1. The van der Waals surface area contributed by atoms with Gasteiger partial charge in [0.05, 0.1) is 11.9 Å². The van der Waals surface area contributed by atoms with Crippen LogP contribution in [0.3, 0.4) is 0 Å². The lowest BCUT2D eigenvalue weighted by molar-refractivity contribution is 0.0944. The zero-order valence-corrected chi connectivity index (χ0v) is 13.8. The Hall–Kier alpha value is -3.48. The van der Waals surface area contributed by atoms with E-state index >= 15 is 0 Å². The van der Waals surface area contributed by atoms with Crippen molar-refractivity contribution < 1.29 is 13.6 Å². The van der Waals surface area contributed by atoms with E-state index < -0.39 is 5.91 Å². The number of nitrogens with zero attached hydrogens (tertiary/aromatic N) is 1. The van der Waals surface area contributed by atoms with Crippen molar-refractivity contribution in [1.82, 2.24) is 15.5 Å². The highest BCUT2D eigenvalue weighted by Gasteiger charge is 2.16. The number of hydrogen-bond donors (Lipinski definition) is 2. The second kappa shape index (κ2) is 6.11. The fourth-order valence-electron chi connectivity index (χ4n) is 2.94. The van der Waals surface area contributed by atoms with E-state index in [1.165, 1.54) is 12.1 Å². The third-order valence-electron chi connectivity index (χ3n) is 4.32. The summed E-state index contributed by atoms with van der Waals surface area (Å²) in [5.41, 5.74) is 1.09. The van der Waals surface area contributed by atoms with Crippen LogP contribution in [0.1, 0.15) is 21.8 Å². The van der Waals surface area contributed by atoms with Gasteiger partial charge in [-0.15, -0.1) is 0 Å². The third-order valence-corrected chi connectivity index (χ3v) is 4.32. The van der Waals surface area contributed by atoms with E-state index in [0.29, 0.717) is 27.5 Å². The second-order valence-electron chi connectivity index (χ2n) is 5.92. The van der Waals surface area contributed by atoms with Gasteiger partial charge in [-0.2, -0.15) is 5.10 Å². The molecule has 0 atom stereocenters. The highest BCUT2D eigenvalue weighted by atomic mass is 19.1. The molecule has 4 rings (SSSR count). The van der Waals surface area contributed by atoms with Gasteiger partial charge in [-0.1, -0.05) is 18.2 Å². The lowest BCUT2D eigenvalue weighted by Crippen LogP contribution is -2.26. The minimum atomic E-state index is -0.441. The summed E-state index contributed by atoms with van der Waals surface area (Å²) < 4.78 is 19.1. The Labute approximate surface area is 146 Å². The Balaban J connectivity index is 1.63. The molecule has 0 aliphatic carbocycles. The SMILES string of the molecule is Cc1c(CNC(=O)c2n[nH]c(=O)c3ccccc23)oc2ccc(F)cc12. The summed E-state index contributed by atoms with van der Waals surface area (Å²) in [6.45, 7) is 1.93. The zero-order chi connectivity index (χ0) is 18.3. The normalized spacial score (nSPS) is 11.2. The fourth-order valence-corrected chi connectivity index (χ4v) is 2.94. The molecule has 0 spiro atoms. The summed E-state index contributed by atoms with van der Waals surface area (Å²) in [6, 6.07) is 11.0. The van der Waals surface area contributed by atoms with Gasteiger partial charge in [0.15, 0.2) is 5.69 Å². The molecule has 2 heterocycles. The Kier molecular flexibility index (Phi) is 3.76. The summed E-state index contributed by atoms with van der Waals surface area (Å²) >= 11 is 0. The first kappa shape index (κ1) is 16.0. The summed E-state index contributed by atoms with van der Waals surface area (Å²) in [5, 5.41) is 10.5. The van der Waals surface area contributed by atoms with Crippen LogP contribution in [0, 0.1) is 12.7 Å². The number of aromatic amines is 1. The smallest absolute Gasteiger partial charge is 0.272 e. The first-order valence-corrected chi connectivity index (χ1v) is 7.98. The van der Waals surface area contributed by atoms with Crippen molar-refractivity contribution in [1.29, 1.82) is 0 Å². The van der Waals surface area contributed by atoms with E-state index in [1.54, 1.807) is 37.3 Å². The summed E-state index contributed by atoms with van der Waals surface area (Å²) in [6.07, 6.45) is 0. The van der Waals surface area contributed by atoms with E-state index in [9.17, 15) is 14.0 Å². The molecule has 0 saturated heterocycles. The van der Waals surface area contributed by atoms with Crippen LogP contribution in [0.4, 0.5) is 4.39 Å². The molecule has 2 aromatic heterocycles.